The fraction of sp³-hybridized carbons (Fsp3) is 0.0667. The molecule has 0 aliphatic carbocycles. The number of carboxylic acid groups (broad SMARTS) is 1. The summed E-state index contributed by atoms with van der Waals surface area (Å²) in [6, 6.07) is 8.77. The van der Waals surface area contributed by atoms with E-state index >= 15 is 0 Å². The minimum absolute atomic E-state index is 0.190. The largest absolute Gasteiger partial charge is 0.478 e. The number of pyridine rings is 1. The molecule has 1 aromatic carbocycles. The van der Waals surface area contributed by atoms with E-state index in [1.165, 1.54) is 0 Å². The van der Waals surface area contributed by atoms with Crippen LogP contribution in [0, 0.1) is 6.92 Å². The van der Waals surface area contributed by atoms with Gasteiger partial charge in [-0.2, -0.15) is 0 Å². The van der Waals surface area contributed by atoms with Crippen molar-refractivity contribution in [2.75, 3.05) is 0 Å². The van der Waals surface area contributed by atoms with Gasteiger partial charge in [-0.3, -0.25) is 4.98 Å². The summed E-state index contributed by atoms with van der Waals surface area (Å²) in [5, 5.41) is 9.87. The van der Waals surface area contributed by atoms with Gasteiger partial charge in [-0.15, -0.1) is 0 Å². The van der Waals surface area contributed by atoms with E-state index in [0.29, 0.717) is 10.6 Å². The first-order valence-corrected chi connectivity index (χ1v) is 6.07. The first-order valence-electron chi connectivity index (χ1n) is 5.69. The van der Waals surface area contributed by atoms with Crippen LogP contribution in [-0.4, -0.2) is 16.1 Å². The van der Waals surface area contributed by atoms with Crippen molar-refractivity contribution in [2.24, 2.45) is 0 Å². The van der Waals surface area contributed by atoms with Crippen molar-refractivity contribution >= 4 is 29.2 Å². The Labute approximate surface area is 116 Å². The highest BCUT2D eigenvalue weighted by molar-refractivity contribution is 6.32. The highest BCUT2D eigenvalue weighted by Crippen LogP contribution is 2.24. The molecule has 0 atom stereocenters. The highest BCUT2D eigenvalue weighted by Gasteiger charge is 2.11. The van der Waals surface area contributed by atoms with Crippen molar-refractivity contribution in [1.82, 2.24) is 4.98 Å². The summed E-state index contributed by atoms with van der Waals surface area (Å²) in [6.45, 7) is 1.87. The zero-order valence-corrected chi connectivity index (χ0v) is 11.1. The summed E-state index contributed by atoms with van der Waals surface area (Å²) in [4.78, 5) is 15.3. The van der Waals surface area contributed by atoms with Gasteiger partial charge in [-0.25, -0.2) is 4.79 Å². The standard InChI is InChI=1S/C15H12ClNO2/c1-10-4-5-12(8-14(10)16)13(15(18)19)7-11-3-2-6-17-9-11/h2-9H,1H3,(H,18,19)/b13-7-. The SMILES string of the molecule is Cc1ccc(/C(=C/c2cccnc2)C(=O)O)cc1Cl. The molecule has 0 saturated heterocycles. The van der Waals surface area contributed by atoms with E-state index in [9.17, 15) is 9.90 Å². The maximum Gasteiger partial charge on any atom is 0.336 e. The third kappa shape index (κ3) is 3.20. The molecule has 0 amide bonds. The molecule has 19 heavy (non-hydrogen) atoms. The van der Waals surface area contributed by atoms with Gasteiger partial charge in [0.1, 0.15) is 0 Å². The normalized spacial score (nSPS) is 11.4. The van der Waals surface area contributed by atoms with Crippen LogP contribution in [0.5, 0.6) is 0 Å². The quantitative estimate of drug-likeness (QED) is 0.868. The number of hydrogen-bond acceptors (Lipinski definition) is 2. The van der Waals surface area contributed by atoms with E-state index in [2.05, 4.69) is 4.98 Å². The Hall–Kier alpha value is -2.13. The second-order valence-electron chi connectivity index (χ2n) is 4.11. The second-order valence-corrected chi connectivity index (χ2v) is 4.52. The first-order chi connectivity index (χ1) is 9.08. The number of aromatic nitrogens is 1. The van der Waals surface area contributed by atoms with Crippen LogP contribution in [0.15, 0.2) is 42.7 Å². The van der Waals surface area contributed by atoms with Crippen molar-refractivity contribution < 1.29 is 9.90 Å². The molecular weight excluding hydrogens is 262 g/mol. The second kappa shape index (κ2) is 5.67. The van der Waals surface area contributed by atoms with Crippen molar-refractivity contribution in [3.05, 3.63) is 64.4 Å². The zero-order chi connectivity index (χ0) is 13.8. The molecule has 0 fully saturated rings. The Morgan fingerprint density at radius 2 is 2.16 bits per heavy atom. The smallest absolute Gasteiger partial charge is 0.336 e. The van der Waals surface area contributed by atoms with Gasteiger partial charge in [0.25, 0.3) is 0 Å². The molecule has 0 unspecified atom stereocenters. The van der Waals surface area contributed by atoms with E-state index in [4.69, 9.17) is 11.6 Å². The lowest BCUT2D eigenvalue weighted by molar-refractivity contribution is -0.130. The van der Waals surface area contributed by atoms with Crippen LogP contribution in [0.1, 0.15) is 16.7 Å². The average molecular weight is 274 g/mol. The Bertz CT molecular complexity index is 636. The van der Waals surface area contributed by atoms with Gasteiger partial charge in [0.15, 0.2) is 0 Å². The maximum atomic E-state index is 11.4. The third-order valence-electron chi connectivity index (χ3n) is 2.71. The molecule has 0 saturated carbocycles. The third-order valence-corrected chi connectivity index (χ3v) is 3.12. The number of hydrogen-bond donors (Lipinski definition) is 1. The number of carboxylic acids is 1. The van der Waals surface area contributed by atoms with Crippen LogP contribution < -0.4 is 0 Å². The van der Waals surface area contributed by atoms with Gasteiger partial charge in [-0.1, -0.05) is 29.8 Å². The lowest BCUT2D eigenvalue weighted by atomic mass is 10.0. The summed E-state index contributed by atoms with van der Waals surface area (Å²) in [6.07, 6.45) is 4.83. The van der Waals surface area contributed by atoms with E-state index in [1.54, 1.807) is 48.8 Å². The number of aliphatic carboxylic acids is 1. The van der Waals surface area contributed by atoms with Crippen LogP contribution >= 0.6 is 11.6 Å². The predicted molar refractivity (Wildman–Crippen MR) is 75.9 cm³/mol. The van der Waals surface area contributed by atoms with Gasteiger partial charge in [0, 0.05) is 17.4 Å². The topological polar surface area (TPSA) is 50.2 Å². The number of halogens is 1. The van der Waals surface area contributed by atoms with Crippen molar-refractivity contribution in [2.45, 2.75) is 6.92 Å². The molecule has 2 aromatic rings. The van der Waals surface area contributed by atoms with Gasteiger partial charge in [0.2, 0.25) is 0 Å². The molecule has 1 aromatic heterocycles. The maximum absolute atomic E-state index is 11.4. The fourth-order valence-electron chi connectivity index (χ4n) is 1.66. The summed E-state index contributed by atoms with van der Waals surface area (Å²) in [5.41, 5.74) is 2.41. The fourth-order valence-corrected chi connectivity index (χ4v) is 1.84. The summed E-state index contributed by atoms with van der Waals surface area (Å²) in [5.74, 6) is -0.997. The van der Waals surface area contributed by atoms with Crippen molar-refractivity contribution in [3.63, 3.8) is 0 Å². The van der Waals surface area contributed by atoms with Crippen LogP contribution in [0.4, 0.5) is 0 Å². The highest BCUT2D eigenvalue weighted by atomic mass is 35.5. The molecule has 4 heteroatoms. The molecule has 96 valence electrons. The minimum atomic E-state index is -0.997. The first kappa shape index (κ1) is 13.3. The van der Waals surface area contributed by atoms with Crippen LogP contribution in [0.3, 0.4) is 0 Å². The summed E-state index contributed by atoms with van der Waals surface area (Å²) >= 11 is 6.03. The van der Waals surface area contributed by atoms with E-state index in [1.807, 2.05) is 6.92 Å². The number of benzene rings is 1. The molecule has 2 rings (SSSR count). The van der Waals surface area contributed by atoms with Gasteiger partial charge in [0.05, 0.1) is 5.57 Å². The number of carbonyl (C=O) groups is 1. The molecule has 0 aliphatic rings. The number of rotatable bonds is 3. The molecule has 1 heterocycles. The van der Waals surface area contributed by atoms with Crippen LogP contribution in [-0.2, 0) is 4.79 Å². The lowest BCUT2D eigenvalue weighted by Gasteiger charge is -2.05. The van der Waals surface area contributed by atoms with E-state index in [0.717, 1.165) is 11.1 Å². The molecule has 0 aliphatic heterocycles. The van der Waals surface area contributed by atoms with Crippen molar-refractivity contribution in [3.8, 4) is 0 Å². The Kier molecular flexibility index (Phi) is 3.97. The molecule has 0 spiro atoms. The van der Waals surface area contributed by atoms with E-state index in [-0.39, 0.29) is 5.57 Å². The molecule has 0 bridgehead atoms. The summed E-state index contributed by atoms with van der Waals surface area (Å²) in [7, 11) is 0. The summed E-state index contributed by atoms with van der Waals surface area (Å²) < 4.78 is 0. The monoisotopic (exact) mass is 273 g/mol. The average Bonchev–Trinajstić information content (AvgIpc) is 2.40. The lowest BCUT2D eigenvalue weighted by Crippen LogP contribution is -2.00. The van der Waals surface area contributed by atoms with Gasteiger partial charge in [-0.05, 0) is 41.8 Å². The zero-order valence-electron chi connectivity index (χ0n) is 10.3. The Balaban J connectivity index is 2.49. The molecule has 1 N–H and O–H groups in total. The number of nitrogens with zero attached hydrogens (tertiary/aromatic N) is 1. The Morgan fingerprint density at radius 3 is 2.74 bits per heavy atom. The van der Waals surface area contributed by atoms with E-state index < -0.39 is 5.97 Å². The van der Waals surface area contributed by atoms with Crippen molar-refractivity contribution in [1.29, 1.82) is 0 Å². The predicted octanol–water partition coefficient (Wildman–Crippen LogP) is 3.67. The van der Waals surface area contributed by atoms with Crippen LogP contribution in [0.2, 0.25) is 5.02 Å². The van der Waals surface area contributed by atoms with Crippen LogP contribution in [0.25, 0.3) is 11.6 Å². The minimum Gasteiger partial charge on any atom is -0.478 e. The molecular formula is C15H12ClNO2. The van der Waals surface area contributed by atoms with Gasteiger partial charge >= 0.3 is 5.97 Å². The van der Waals surface area contributed by atoms with Gasteiger partial charge < -0.3 is 5.11 Å². The molecule has 0 radical (unpaired) electrons. The number of aryl methyl sites for hydroxylation is 1. The molecule has 3 nitrogen and oxygen atoms in total. The Morgan fingerprint density at radius 1 is 1.37 bits per heavy atom.